The molecule has 1 nitrogen and oxygen atoms in total. The van der Waals surface area contributed by atoms with Crippen LogP contribution >= 0.6 is 0 Å². The van der Waals surface area contributed by atoms with E-state index in [1.54, 1.807) is 6.07 Å². The third-order valence-corrected chi connectivity index (χ3v) is 3.11. The van der Waals surface area contributed by atoms with Crippen LogP contribution in [0.5, 0.6) is 0 Å². The van der Waals surface area contributed by atoms with Crippen LogP contribution in [0.1, 0.15) is 37.3 Å². The molecule has 1 fully saturated rings. The van der Waals surface area contributed by atoms with Crippen LogP contribution in [0.25, 0.3) is 0 Å². The maximum Gasteiger partial charge on any atom is 0.126 e. The maximum absolute atomic E-state index is 13.6. The van der Waals surface area contributed by atoms with Gasteiger partial charge in [0.1, 0.15) is 5.82 Å². The molecule has 1 heterocycles. The van der Waals surface area contributed by atoms with Gasteiger partial charge in [0.15, 0.2) is 0 Å². The Morgan fingerprint density at radius 1 is 1.47 bits per heavy atom. The SMILES string of the molecule is Cc1ccc(C(C)CC2OC2C)c(F)c1. The largest absolute Gasteiger partial charge is 0.370 e. The highest BCUT2D eigenvalue weighted by Gasteiger charge is 2.35. The molecule has 0 aliphatic carbocycles. The second-order valence-corrected chi connectivity index (χ2v) is 4.54. The lowest BCUT2D eigenvalue weighted by molar-refractivity contribution is 0.361. The standard InChI is InChI=1S/C13H17FO/c1-8-4-5-11(12(14)6-8)9(2)7-13-10(3)15-13/h4-6,9-10,13H,7H2,1-3H3. The Bertz CT molecular complexity index is 362. The summed E-state index contributed by atoms with van der Waals surface area (Å²) < 4.78 is 19.0. The van der Waals surface area contributed by atoms with Crippen molar-refractivity contribution in [3.05, 3.63) is 35.1 Å². The first-order valence-electron chi connectivity index (χ1n) is 5.49. The van der Waals surface area contributed by atoms with E-state index in [2.05, 4.69) is 13.8 Å². The highest BCUT2D eigenvalue weighted by Crippen LogP contribution is 2.33. The first kappa shape index (κ1) is 10.6. The van der Waals surface area contributed by atoms with E-state index in [0.29, 0.717) is 12.2 Å². The van der Waals surface area contributed by atoms with Gasteiger partial charge in [-0.15, -0.1) is 0 Å². The summed E-state index contributed by atoms with van der Waals surface area (Å²) in [5, 5.41) is 0. The molecule has 0 N–H and O–H groups in total. The molecular weight excluding hydrogens is 191 g/mol. The molecule has 1 aromatic rings. The Labute approximate surface area is 90.3 Å². The lowest BCUT2D eigenvalue weighted by Crippen LogP contribution is -2.02. The average Bonchev–Trinajstić information content (AvgIpc) is 2.81. The van der Waals surface area contributed by atoms with Gasteiger partial charge in [0.05, 0.1) is 12.2 Å². The van der Waals surface area contributed by atoms with E-state index < -0.39 is 0 Å². The van der Waals surface area contributed by atoms with Crippen molar-refractivity contribution < 1.29 is 9.13 Å². The summed E-state index contributed by atoms with van der Waals surface area (Å²) >= 11 is 0. The zero-order valence-corrected chi connectivity index (χ0v) is 9.46. The molecule has 1 saturated heterocycles. The highest BCUT2D eigenvalue weighted by atomic mass is 19.1. The zero-order valence-electron chi connectivity index (χ0n) is 9.46. The molecule has 2 heteroatoms. The number of aryl methyl sites for hydroxylation is 1. The third kappa shape index (κ3) is 2.37. The predicted octanol–water partition coefficient (Wildman–Crippen LogP) is 3.42. The van der Waals surface area contributed by atoms with E-state index in [9.17, 15) is 4.39 Å². The number of benzene rings is 1. The molecule has 0 bridgehead atoms. The Morgan fingerprint density at radius 3 is 2.67 bits per heavy atom. The molecule has 82 valence electrons. The van der Waals surface area contributed by atoms with Crippen molar-refractivity contribution in [2.24, 2.45) is 0 Å². The van der Waals surface area contributed by atoms with Crippen molar-refractivity contribution >= 4 is 0 Å². The minimum Gasteiger partial charge on any atom is -0.370 e. The van der Waals surface area contributed by atoms with Crippen LogP contribution in [0.2, 0.25) is 0 Å². The van der Waals surface area contributed by atoms with Crippen LogP contribution in [0.4, 0.5) is 4.39 Å². The molecule has 3 atom stereocenters. The van der Waals surface area contributed by atoms with Crippen molar-refractivity contribution in [1.82, 2.24) is 0 Å². The van der Waals surface area contributed by atoms with Gasteiger partial charge in [-0.05, 0) is 43.4 Å². The van der Waals surface area contributed by atoms with Crippen LogP contribution in [0.15, 0.2) is 18.2 Å². The summed E-state index contributed by atoms with van der Waals surface area (Å²) in [6.45, 7) is 6.02. The van der Waals surface area contributed by atoms with E-state index in [0.717, 1.165) is 17.5 Å². The van der Waals surface area contributed by atoms with Gasteiger partial charge in [-0.2, -0.15) is 0 Å². The zero-order chi connectivity index (χ0) is 11.0. The van der Waals surface area contributed by atoms with Crippen molar-refractivity contribution in [2.75, 3.05) is 0 Å². The van der Waals surface area contributed by atoms with Crippen molar-refractivity contribution in [3.8, 4) is 0 Å². The topological polar surface area (TPSA) is 12.5 Å². The fourth-order valence-corrected chi connectivity index (χ4v) is 1.98. The molecule has 0 saturated carbocycles. The summed E-state index contributed by atoms with van der Waals surface area (Å²) in [6, 6.07) is 5.46. The summed E-state index contributed by atoms with van der Waals surface area (Å²) in [5.74, 6) is 0.149. The molecule has 0 aromatic heterocycles. The van der Waals surface area contributed by atoms with Gasteiger partial charge >= 0.3 is 0 Å². The smallest absolute Gasteiger partial charge is 0.126 e. The Morgan fingerprint density at radius 2 is 2.13 bits per heavy atom. The lowest BCUT2D eigenvalue weighted by Gasteiger charge is -2.11. The summed E-state index contributed by atoms with van der Waals surface area (Å²) in [7, 11) is 0. The molecule has 1 aliphatic rings. The Balaban J connectivity index is 2.07. The number of rotatable bonds is 3. The van der Waals surface area contributed by atoms with Crippen molar-refractivity contribution in [1.29, 1.82) is 0 Å². The minimum absolute atomic E-state index is 0.0872. The minimum atomic E-state index is -0.0872. The van der Waals surface area contributed by atoms with Crippen molar-refractivity contribution in [3.63, 3.8) is 0 Å². The Hall–Kier alpha value is -0.890. The van der Waals surface area contributed by atoms with Crippen LogP contribution in [0.3, 0.4) is 0 Å². The first-order valence-corrected chi connectivity index (χ1v) is 5.49. The van der Waals surface area contributed by atoms with Crippen LogP contribution in [-0.2, 0) is 4.74 Å². The highest BCUT2D eigenvalue weighted by molar-refractivity contribution is 5.26. The first-order chi connectivity index (χ1) is 7.08. The number of ether oxygens (including phenoxy) is 1. The van der Waals surface area contributed by atoms with E-state index >= 15 is 0 Å². The van der Waals surface area contributed by atoms with Gasteiger partial charge in [0.2, 0.25) is 0 Å². The van der Waals surface area contributed by atoms with E-state index in [1.807, 2.05) is 19.1 Å². The van der Waals surface area contributed by atoms with Gasteiger partial charge in [-0.3, -0.25) is 0 Å². The molecule has 1 aromatic carbocycles. The van der Waals surface area contributed by atoms with Gasteiger partial charge in [-0.1, -0.05) is 19.1 Å². The fourth-order valence-electron chi connectivity index (χ4n) is 1.98. The van der Waals surface area contributed by atoms with Crippen LogP contribution < -0.4 is 0 Å². The molecule has 1 aliphatic heterocycles. The predicted molar refractivity (Wildman–Crippen MR) is 58.5 cm³/mol. The maximum atomic E-state index is 13.6. The monoisotopic (exact) mass is 208 g/mol. The lowest BCUT2D eigenvalue weighted by atomic mass is 9.94. The molecule has 3 unspecified atom stereocenters. The van der Waals surface area contributed by atoms with Gasteiger partial charge < -0.3 is 4.74 Å². The van der Waals surface area contributed by atoms with E-state index in [1.165, 1.54) is 0 Å². The number of halogens is 1. The van der Waals surface area contributed by atoms with Crippen LogP contribution in [-0.4, -0.2) is 12.2 Å². The van der Waals surface area contributed by atoms with E-state index in [-0.39, 0.29) is 11.7 Å². The molecule has 0 radical (unpaired) electrons. The molecule has 2 rings (SSSR count). The van der Waals surface area contributed by atoms with Gasteiger partial charge in [0, 0.05) is 0 Å². The van der Waals surface area contributed by atoms with Gasteiger partial charge in [-0.25, -0.2) is 4.39 Å². The normalized spacial score (nSPS) is 26.4. The second kappa shape index (κ2) is 3.93. The molecule has 15 heavy (non-hydrogen) atoms. The molecular formula is C13H17FO. The quantitative estimate of drug-likeness (QED) is 0.693. The number of epoxide rings is 1. The summed E-state index contributed by atoms with van der Waals surface area (Å²) in [5.41, 5.74) is 1.78. The van der Waals surface area contributed by atoms with E-state index in [4.69, 9.17) is 4.74 Å². The molecule has 0 amide bonds. The molecule has 0 spiro atoms. The van der Waals surface area contributed by atoms with Crippen LogP contribution in [0, 0.1) is 12.7 Å². The Kier molecular flexibility index (Phi) is 2.79. The fraction of sp³-hybridized carbons (Fsp3) is 0.538. The number of hydrogen-bond acceptors (Lipinski definition) is 1. The summed E-state index contributed by atoms with van der Waals surface area (Å²) in [4.78, 5) is 0. The summed E-state index contributed by atoms with van der Waals surface area (Å²) in [6.07, 6.45) is 1.61. The van der Waals surface area contributed by atoms with Crippen molar-refractivity contribution in [2.45, 2.75) is 45.3 Å². The third-order valence-electron chi connectivity index (χ3n) is 3.11. The van der Waals surface area contributed by atoms with Gasteiger partial charge in [0.25, 0.3) is 0 Å². The number of hydrogen-bond donors (Lipinski definition) is 0. The second-order valence-electron chi connectivity index (χ2n) is 4.54. The average molecular weight is 208 g/mol.